The summed E-state index contributed by atoms with van der Waals surface area (Å²) in [7, 11) is 0. The fourth-order valence-electron chi connectivity index (χ4n) is 6.24. The first-order valence-electron chi connectivity index (χ1n) is 13.0. The van der Waals surface area contributed by atoms with Gasteiger partial charge in [-0.1, -0.05) is 64.2 Å². The first-order chi connectivity index (χ1) is 15.4. The SMILES string of the molecule is C1CCC(C2CCCCC2)CC1.CC(N)C(=O)N1CCC[C@H]1C(=O)N1CCC[C@H]1C(=O)O.N. The Labute approximate surface area is 199 Å². The van der Waals surface area contributed by atoms with Gasteiger partial charge in [0.1, 0.15) is 12.1 Å². The number of likely N-dealkylation sites (tertiary alicyclic amines) is 2. The summed E-state index contributed by atoms with van der Waals surface area (Å²) < 4.78 is 0. The van der Waals surface area contributed by atoms with E-state index in [0.717, 1.165) is 18.3 Å². The van der Waals surface area contributed by atoms with Crippen molar-refractivity contribution >= 4 is 17.8 Å². The Hall–Kier alpha value is -1.67. The van der Waals surface area contributed by atoms with Crippen molar-refractivity contribution in [1.29, 1.82) is 0 Å². The van der Waals surface area contributed by atoms with Crippen LogP contribution in [0.2, 0.25) is 0 Å². The third-order valence-corrected chi connectivity index (χ3v) is 8.00. The number of amides is 2. The van der Waals surface area contributed by atoms with E-state index in [1.807, 2.05) is 0 Å². The van der Waals surface area contributed by atoms with Gasteiger partial charge in [-0.25, -0.2) is 4.79 Å². The molecule has 0 spiro atoms. The minimum Gasteiger partial charge on any atom is -0.480 e. The fourth-order valence-corrected chi connectivity index (χ4v) is 6.24. The van der Waals surface area contributed by atoms with Crippen LogP contribution in [0.3, 0.4) is 0 Å². The molecular formula is C25H46N4O4. The molecule has 2 saturated heterocycles. The van der Waals surface area contributed by atoms with Gasteiger partial charge in [0.05, 0.1) is 6.04 Å². The summed E-state index contributed by atoms with van der Waals surface area (Å²) in [4.78, 5) is 38.6. The van der Waals surface area contributed by atoms with E-state index in [2.05, 4.69) is 0 Å². The van der Waals surface area contributed by atoms with Gasteiger partial charge < -0.3 is 26.8 Å². The molecule has 33 heavy (non-hydrogen) atoms. The van der Waals surface area contributed by atoms with Gasteiger partial charge in [0.25, 0.3) is 0 Å². The number of nitrogens with two attached hydrogens (primary N) is 1. The van der Waals surface area contributed by atoms with E-state index in [0.29, 0.717) is 32.4 Å². The number of aliphatic carboxylic acids is 1. The van der Waals surface area contributed by atoms with Crippen molar-refractivity contribution in [2.24, 2.45) is 17.6 Å². The maximum atomic E-state index is 12.5. The summed E-state index contributed by atoms with van der Waals surface area (Å²) >= 11 is 0. The molecule has 0 aromatic carbocycles. The van der Waals surface area contributed by atoms with Crippen LogP contribution in [0.15, 0.2) is 0 Å². The van der Waals surface area contributed by atoms with Gasteiger partial charge in [-0.3, -0.25) is 9.59 Å². The zero-order valence-corrected chi connectivity index (χ0v) is 20.6. The molecule has 2 heterocycles. The van der Waals surface area contributed by atoms with Crippen molar-refractivity contribution in [3.8, 4) is 0 Å². The van der Waals surface area contributed by atoms with Crippen molar-refractivity contribution in [3.63, 3.8) is 0 Å². The van der Waals surface area contributed by atoms with Gasteiger partial charge in [0, 0.05) is 13.1 Å². The third-order valence-electron chi connectivity index (χ3n) is 8.00. The second kappa shape index (κ2) is 13.3. The summed E-state index contributed by atoms with van der Waals surface area (Å²) in [6.45, 7) is 2.56. The molecule has 2 aliphatic heterocycles. The largest absolute Gasteiger partial charge is 0.480 e. The molecule has 2 aliphatic carbocycles. The highest BCUT2D eigenvalue weighted by Gasteiger charge is 2.42. The molecular weight excluding hydrogens is 420 g/mol. The minimum atomic E-state index is -0.973. The van der Waals surface area contributed by atoms with Crippen LogP contribution in [0.4, 0.5) is 0 Å². The van der Waals surface area contributed by atoms with E-state index in [1.165, 1.54) is 48.3 Å². The number of carbonyl (C=O) groups is 3. The number of hydrogen-bond acceptors (Lipinski definition) is 5. The Morgan fingerprint density at radius 3 is 1.64 bits per heavy atom. The lowest BCUT2D eigenvalue weighted by molar-refractivity contribution is -0.151. The second-order valence-corrected chi connectivity index (χ2v) is 10.3. The average Bonchev–Trinajstić information content (AvgIpc) is 3.50. The lowest BCUT2D eigenvalue weighted by Crippen LogP contribution is -2.53. The number of carboxylic acids is 1. The molecule has 4 aliphatic rings. The molecule has 8 nitrogen and oxygen atoms in total. The predicted molar refractivity (Wildman–Crippen MR) is 129 cm³/mol. The maximum Gasteiger partial charge on any atom is 0.326 e. The second-order valence-electron chi connectivity index (χ2n) is 10.3. The maximum absolute atomic E-state index is 12.5. The van der Waals surface area contributed by atoms with Crippen molar-refractivity contribution in [2.45, 2.75) is 115 Å². The lowest BCUT2D eigenvalue weighted by atomic mass is 9.73. The van der Waals surface area contributed by atoms with Crippen molar-refractivity contribution in [1.82, 2.24) is 16.0 Å². The molecule has 0 bridgehead atoms. The first kappa shape index (κ1) is 27.6. The summed E-state index contributed by atoms with van der Waals surface area (Å²) in [5.74, 6) is 0.810. The van der Waals surface area contributed by atoms with Crippen LogP contribution in [-0.2, 0) is 14.4 Å². The Morgan fingerprint density at radius 1 is 0.727 bits per heavy atom. The molecule has 0 aromatic rings. The van der Waals surface area contributed by atoms with Crippen LogP contribution >= 0.6 is 0 Å². The molecule has 8 heteroatoms. The van der Waals surface area contributed by atoms with Crippen LogP contribution in [0.5, 0.6) is 0 Å². The molecule has 4 rings (SSSR count). The molecule has 3 atom stereocenters. The van der Waals surface area contributed by atoms with Crippen LogP contribution in [0.25, 0.3) is 0 Å². The normalized spacial score (nSPS) is 27.3. The Balaban J connectivity index is 0.000000253. The topological polar surface area (TPSA) is 139 Å². The van der Waals surface area contributed by atoms with Gasteiger partial charge in [-0.2, -0.15) is 0 Å². The van der Waals surface area contributed by atoms with E-state index in [4.69, 9.17) is 10.8 Å². The lowest BCUT2D eigenvalue weighted by Gasteiger charge is -2.32. The molecule has 1 unspecified atom stereocenters. The summed E-state index contributed by atoms with van der Waals surface area (Å²) in [6.07, 6.45) is 17.9. The molecule has 2 amide bonds. The quantitative estimate of drug-likeness (QED) is 0.577. The van der Waals surface area contributed by atoms with Crippen LogP contribution in [-0.4, -0.2) is 63.9 Å². The summed E-state index contributed by atoms with van der Waals surface area (Å²) in [5, 5.41) is 9.14. The van der Waals surface area contributed by atoms with Gasteiger partial charge in [0.15, 0.2) is 0 Å². The van der Waals surface area contributed by atoms with Gasteiger partial charge >= 0.3 is 5.97 Å². The van der Waals surface area contributed by atoms with E-state index >= 15 is 0 Å². The number of rotatable bonds is 4. The van der Waals surface area contributed by atoms with E-state index in [-0.39, 0.29) is 18.0 Å². The summed E-state index contributed by atoms with van der Waals surface area (Å²) in [6, 6.07) is -1.94. The Morgan fingerprint density at radius 2 is 1.18 bits per heavy atom. The number of carboxylic acid groups (broad SMARTS) is 1. The molecule has 0 radical (unpaired) electrons. The van der Waals surface area contributed by atoms with Crippen molar-refractivity contribution in [2.75, 3.05) is 13.1 Å². The van der Waals surface area contributed by atoms with E-state index in [9.17, 15) is 14.4 Å². The molecule has 0 aromatic heterocycles. The molecule has 4 fully saturated rings. The van der Waals surface area contributed by atoms with Gasteiger partial charge in [-0.15, -0.1) is 0 Å². The van der Waals surface area contributed by atoms with Crippen molar-refractivity contribution < 1.29 is 19.5 Å². The van der Waals surface area contributed by atoms with Crippen LogP contribution in [0.1, 0.15) is 96.8 Å². The molecule has 190 valence electrons. The third kappa shape index (κ3) is 7.15. The summed E-state index contributed by atoms with van der Waals surface area (Å²) in [5.41, 5.74) is 5.60. The highest BCUT2D eigenvalue weighted by molar-refractivity contribution is 5.92. The number of hydrogen-bond donors (Lipinski definition) is 3. The smallest absolute Gasteiger partial charge is 0.326 e. The average molecular weight is 467 g/mol. The van der Waals surface area contributed by atoms with E-state index in [1.54, 1.807) is 32.6 Å². The number of nitrogens with zero attached hydrogens (tertiary/aromatic N) is 2. The van der Waals surface area contributed by atoms with Crippen LogP contribution in [0, 0.1) is 11.8 Å². The van der Waals surface area contributed by atoms with Gasteiger partial charge in [0.2, 0.25) is 11.8 Å². The molecule has 6 N–H and O–H groups in total. The highest BCUT2D eigenvalue weighted by atomic mass is 16.4. The fraction of sp³-hybridized carbons (Fsp3) is 0.880. The zero-order valence-electron chi connectivity index (χ0n) is 20.6. The Bertz CT molecular complexity index is 628. The zero-order chi connectivity index (χ0) is 23.1. The van der Waals surface area contributed by atoms with Crippen molar-refractivity contribution in [3.05, 3.63) is 0 Å². The monoisotopic (exact) mass is 466 g/mol. The van der Waals surface area contributed by atoms with Gasteiger partial charge in [-0.05, 0) is 44.4 Å². The predicted octanol–water partition coefficient (Wildman–Crippen LogP) is 3.71. The first-order valence-corrected chi connectivity index (χ1v) is 13.0. The number of carbonyl (C=O) groups excluding carboxylic acids is 2. The highest BCUT2D eigenvalue weighted by Crippen LogP contribution is 2.37. The standard InChI is InChI=1S/C13H21N3O4.C12H22.H3N/c1-8(14)11(17)15-6-2-4-9(15)12(18)16-7-3-5-10(16)13(19)20;1-3-7-11(8-4-1)12-9-5-2-6-10-12;/h8-10H,2-7,14H2,1H3,(H,19,20);11-12H,1-10H2;1H3/t8?,9-,10-;;/m0../s1. The molecule has 2 saturated carbocycles. The van der Waals surface area contributed by atoms with E-state index < -0.39 is 24.1 Å². The van der Waals surface area contributed by atoms with Crippen LogP contribution < -0.4 is 11.9 Å². The Kier molecular flexibility index (Phi) is 11.1. The minimum absolute atomic E-state index is 0.